The molecule has 0 radical (unpaired) electrons. The first kappa shape index (κ1) is 15.2. The van der Waals surface area contributed by atoms with Gasteiger partial charge >= 0.3 is 0 Å². The van der Waals surface area contributed by atoms with Crippen molar-refractivity contribution in [3.05, 3.63) is 35.7 Å². The lowest BCUT2D eigenvalue weighted by molar-refractivity contribution is 0.353. The van der Waals surface area contributed by atoms with E-state index < -0.39 is 9.84 Å². The fourth-order valence-electron chi connectivity index (χ4n) is 2.66. The van der Waals surface area contributed by atoms with Crippen LogP contribution in [0.3, 0.4) is 0 Å². The first-order valence-corrected chi connectivity index (χ1v) is 9.25. The third-order valence-electron chi connectivity index (χ3n) is 3.97. The molecule has 6 nitrogen and oxygen atoms in total. The minimum absolute atomic E-state index is 0.183. The molecule has 1 aromatic carbocycles. The van der Waals surface area contributed by atoms with Crippen LogP contribution in [-0.2, 0) is 22.8 Å². The lowest BCUT2D eigenvalue weighted by Gasteiger charge is -2.09. The molecule has 7 heteroatoms. The van der Waals surface area contributed by atoms with Gasteiger partial charge in [-0.05, 0) is 23.8 Å². The summed E-state index contributed by atoms with van der Waals surface area (Å²) in [6, 6.07) is 7.66. The van der Waals surface area contributed by atoms with Crippen molar-refractivity contribution in [2.45, 2.75) is 25.8 Å². The van der Waals surface area contributed by atoms with Gasteiger partial charge in [-0.1, -0.05) is 29.4 Å². The zero-order valence-corrected chi connectivity index (χ0v) is 13.3. The van der Waals surface area contributed by atoms with Gasteiger partial charge in [0.15, 0.2) is 0 Å². The highest BCUT2D eigenvalue weighted by atomic mass is 32.2. The second-order valence-corrected chi connectivity index (χ2v) is 8.30. The molecule has 1 aliphatic rings. The highest BCUT2D eigenvalue weighted by molar-refractivity contribution is 7.90. The number of sulfone groups is 1. The third kappa shape index (κ3) is 3.53. The summed E-state index contributed by atoms with van der Waals surface area (Å²) in [5, 5.41) is 3.98. The van der Waals surface area contributed by atoms with E-state index in [1.807, 2.05) is 24.3 Å². The number of benzene rings is 1. The van der Waals surface area contributed by atoms with Crippen LogP contribution in [0.25, 0.3) is 11.4 Å². The van der Waals surface area contributed by atoms with E-state index in [9.17, 15) is 8.42 Å². The lowest BCUT2D eigenvalue weighted by Crippen LogP contribution is -2.18. The minimum atomic E-state index is -2.99. The summed E-state index contributed by atoms with van der Waals surface area (Å²) < 4.78 is 28.3. The molecule has 3 rings (SSSR count). The van der Waals surface area contributed by atoms with Crippen molar-refractivity contribution in [2.24, 2.45) is 11.1 Å². The summed E-state index contributed by atoms with van der Waals surface area (Å²) in [5.74, 6) is 1.20. The summed E-state index contributed by atoms with van der Waals surface area (Å²) in [4.78, 5) is 4.39. The van der Waals surface area contributed by atoms with Crippen molar-refractivity contribution in [3.8, 4) is 11.4 Å². The molecule has 1 fully saturated rings. The predicted octanol–water partition coefficient (Wildman–Crippen LogP) is 1.56. The zero-order chi connectivity index (χ0) is 15.8. The van der Waals surface area contributed by atoms with Crippen LogP contribution in [0.15, 0.2) is 28.8 Å². The molecule has 22 heavy (non-hydrogen) atoms. The maximum absolute atomic E-state index is 11.5. The second kappa shape index (κ2) is 5.48. The SMILES string of the molecule is CS(=O)(=O)CC1(Cc2nc(-c3ccc(CN)cc3)no2)CC1. The number of nitrogens with two attached hydrogens (primary N) is 1. The second-order valence-electron chi connectivity index (χ2n) is 6.16. The van der Waals surface area contributed by atoms with E-state index in [4.69, 9.17) is 10.3 Å². The van der Waals surface area contributed by atoms with Gasteiger partial charge in [-0.15, -0.1) is 0 Å². The average Bonchev–Trinajstić information content (AvgIpc) is 3.03. The predicted molar refractivity (Wildman–Crippen MR) is 82.7 cm³/mol. The van der Waals surface area contributed by atoms with Crippen molar-refractivity contribution in [3.63, 3.8) is 0 Å². The Bertz CT molecular complexity index is 762. The van der Waals surface area contributed by atoms with E-state index in [0.717, 1.165) is 24.0 Å². The number of rotatable bonds is 6. The maximum Gasteiger partial charge on any atom is 0.227 e. The molecule has 0 unspecified atom stereocenters. The monoisotopic (exact) mass is 321 g/mol. The topological polar surface area (TPSA) is 99.1 Å². The Balaban J connectivity index is 1.74. The van der Waals surface area contributed by atoms with Crippen molar-refractivity contribution >= 4 is 9.84 Å². The highest BCUT2D eigenvalue weighted by Crippen LogP contribution is 2.49. The van der Waals surface area contributed by atoms with E-state index >= 15 is 0 Å². The third-order valence-corrected chi connectivity index (χ3v) is 5.10. The molecule has 0 spiro atoms. The Morgan fingerprint density at radius 2 is 1.95 bits per heavy atom. The summed E-state index contributed by atoms with van der Waals surface area (Å²) in [6.45, 7) is 0.492. The van der Waals surface area contributed by atoms with Gasteiger partial charge in [0.2, 0.25) is 11.7 Å². The maximum atomic E-state index is 11.5. The normalized spacial score (nSPS) is 16.6. The molecular weight excluding hydrogens is 302 g/mol. The van der Waals surface area contributed by atoms with Crippen molar-refractivity contribution in [1.29, 1.82) is 0 Å². The van der Waals surface area contributed by atoms with E-state index in [2.05, 4.69) is 10.1 Å². The van der Waals surface area contributed by atoms with Gasteiger partial charge in [-0.3, -0.25) is 0 Å². The summed E-state index contributed by atoms with van der Waals surface area (Å²) in [5.41, 5.74) is 7.26. The number of nitrogens with zero attached hydrogens (tertiary/aromatic N) is 2. The fourth-order valence-corrected chi connectivity index (χ4v) is 4.16. The Kier molecular flexibility index (Phi) is 3.78. The van der Waals surface area contributed by atoms with E-state index in [1.165, 1.54) is 6.26 Å². The summed E-state index contributed by atoms with van der Waals surface area (Å²) >= 11 is 0. The first-order chi connectivity index (χ1) is 10.4. The van der Waals surface area contributed by atoms with Gasteiger partial charge in [0.25, 0.3) is 0 Å². The van der Waals surface area contributed by atoms with E-state index in [1.54, 1.807) is 0 Å². The lowest BCUT2D eigenvalue weighted by atomic mass is 10.1. The summed E-state index contributed by atoms with van der Waals surface area (Å²) in [6.07, 6.45) is 3.57. The Morgan fingerprint density at radius 1 is 1.27 bits per heavy atom. The number of hydrogen-bond donors (Lipinski definition) is 1. The van der Waals surface area contributed by atoms with Crippen LogP contribution < -0.4 is 5.73 Å². The first-order valence-electron chi connectivity index (χ1n) is 7.19. The average molecular weight is 321 g/mol. The van der Waals surface area contributed by atoms with Gasteiger partial charge in [-0.25, -0.2) is 8.42 Å². The van der Waals surface area contributed by atoms with Crippen LogP contribution in [0.2, 0.25) is 0 Å². The van der Waals surface area contributed by atoms with Crippen molar-refractivity contribution < 1.29 is 12.9 Å². The molecule has 0 atom stereocenters. The van der Waals surface area contributed by atoms with Gasteiger partial charge in [0.1, 0.15) is 9.84 Å². The summed E-state index contributed by atoms with van der Waals surface area (Å²) in [7, 11) is -2.99. The largest absolute Gasteiger partial charge is 0.339 e. The standard InChI is InChI=1S/C15H19N3O3S/c1-22(19,20)10-15(6-7-15)8-13-17-14(18-21-13)12-4-2-11(9-16)3-5-12/h2-5H,6-10,16H2,1H3. The smallest absolute Gasteiger partial charge is 0.227 e. The van der Waals surface area contributed by atoms with Crippen LogP contribution in [0.5, 0.6) is 0 Å². The molecule has 1 saturated carbocycles. The van der Waals surface area contributed by atoms with Crippen LogP contribution in [0.1, 0.15) is 24.3 Å². The van der Waals surface area contributed by atoms with Gasteiger partial charge in [-0.2, -0.15) is 4.98 Å². The molecule has 0 amide bonds. The van der Waals surface area contributed by atoms with Crippen molar-refractivity contribution in [1.82, 2.24) is 10.1 Å². The highest BCUT2D eigenvalue weighted by Gasteiger charge is 2.46. The van der Waals surface area contributed by atoms with Crippen molar-refractivity contribution in [2.75, 3.05) is 12.0 Å². The van der Waals surface area contributed by atoms with Gasteiger partial charge in [0, 0.05) is 24.8 Å². The van der Waals surface area contributed by atoms with Gasteiger partial charge in [0.05, 0.1) is 5.75 Å². The zero-order valence-electron chi connectivity index (χ0n) is 12.4. The molecule has 0 saturated heterocycles. The fraction of sp³-hybridized carbons (Fsp3) is 0.467. The molecule has 0 bridgehead atoms. The molecule has 1 heterocycles. The molecule has 0 aliphatic heterocycles. The Hall–Kier alpha value is -1.73. The minimum Gasteiger partial charge on any atom is -0.339 e. The molecule has 1 aromatic heterocycles. The van der Waals surface area contributed by atoms with Gasteiger partial charge < -0.3 is 10.3 Å². The molecule has 1 aliphatic carbocycles. The van der Waals surface area contributed by atoms with Crippen LogP contribution >= 0.6 is 0 Å². The molecule has 118 valence electrons. The van der Waals surface area contributed by atoms with Crippen LogP contribution in [0, 0.1) is 5.41 Å². The Labute approximate surface area is 129 Å². The number of aromatic nitrogens is 2. The van der Waals surface area contributed by atoms with E-state index in [-0.39, 0.29) is 11.2 Å². The molecule has 2 N–H and O–H groups in total. The van der Waals surface area contributed by atoms with Crippen LogP contribution in [-0.4, -0.2) is 30.6 Å². The Morgan fingerprint density at radius 3 is 2.50 bits per heavy atom. The van der Waals surface area contributed by atoms with E-state index in [0.29, 0.717) is 24.7 Å². The molecule has 2 aromatic rings. The number of hydrogen-bond acceptors (Lipinski definition) is 6. The van der Waals surface area contributed by atoms with Crippen LogP contribution in [0.4, 0.5) is 0 Å². The molecular formula is C15H19N3O3S. The quantitative estimate of drug-likeness (QED) is 0.867.